The molecule has 0 aromatic carbocycles. The molecule has 3 N–H and O–H groups in total. The molecule has 1 aromatic heterocycles. The standard InChI is InChI=1S/C5H9N3OS/c6-1-4-10(9)5-7-2-3-8-5/h2-3H,1,4,6H2,(H,7,8). The van der Waals surface area contributed by atoms with Crippen molar-refractivity contribution in [3.63, 3.8) is 0 Å². The highest BCUT2D eigenvalue weighted by molar-refractivity contribution is 7.84. The van der Waals surface area contributed by atoms with Crippen molar-refractivity contribution in [3.8, 4) is 0 Å². The van der Waals surface area contributed by atoms with E-state index >= 15 is 0 Å². The number of H-pyrrole nitrogens is 1. The minimum absolute atomic E-state index is 0.424. The maximum absolute atomic E-state index is 11.0. The second-order valence-corrected chi connectivity index (χ2v) is 3.22. The van der Waals surface area contributed by atoms with Crippen LogP contribution >= 0.6 is 0 Å². The Morgan fingerprint density at radius 1 is 1.80 bits per heavy atom. The van der Waals surface area contributed by atoms with Gasteiger partial charge < -0.3 is 10.7 Å². The molecule has 0 aliphatic carbocycles. The Balaban J connectivity index is 2.59. The average Bonchev–Trinajstić information content (AvgIpc) is 2.38. The third kappa shape index (κ3) is 1.65. The molecular formula is C5H9N3OS. The van der Waals surface area contributed by atoms with E-state index in [1.807, 2.05) is 0 Å². The first-order chi connectivity index (χ1) is 4.84. The first kappa shape index (κ1) is 7.43. The molecule has 0 spiro atoms. The molecule has 1 aromatic rings. The number of nitrogens with zero attached hydrogens (tertiary/aromatic N) is 1. The van der Waals surface area contributed by atoms with E-state index in [0.717, 1.165) is 0 Å². The van der Waals surface area contributed by atoms with Crippen molar-refractivity contribution in [2.24, 2.45) is 5.73 Å². The summed E-state index contributed by atoms with van der Waals surface area (Å²) >= 11 is 0. The molecule has 1 rings (SSSR count). The van der Waals surface area contributed by atoms with Gasteiger partial charge in [0.2, 0.25) is 0 Å². The SMILES string of the molecule is NCCS(=O)c1ncc[nH]1. The molecular weight excluding hydrogens is 150 g/mol. The summed E-state index contributed by atoms with van der Waals surface area (Å²) in [5.41, 5.74) is 5.20. The zero-order valence-corrected chi connectivity index (χ0v) is 6.23. The molecule has 4 nitrogen and oxygen atoms in total. The van der Waals surface area contributed by atoms with Gasteiger partial charge in [-0.2, -0.15) is 0 Å². The molecule has 0 amide bonds. The van der Waals surface area contributed by atoms with E-state index in [1.54, 1.807) is 12.4 Å². The van der Waals surface area contributed by atoms with Gasteiger partial charge in [-0.25, -0.2) is 4.98 Å². The number of nitrogens with two attached hydrogens (primary N) is 1. The van der Waals surface area contributed by atoms with Gasteiger partial charge in [0.15, 0.2) is 5.16 Å². The van der Waals surface area contributed by atoms with Crippen molar-refractivity contribution >= 4 is 10.8 Å². The molecule has 5 heteroatoms. The van der Waals surface area contributed by atoms with E-state index in [4.69, 9.17) is 5.73 Å². The Morgan fingerprint density at radius 2 is 2.60 bits per heavy atom. The van der Waals surface area contributed by atoms with Crippen LogP contribution in [0.3, 0.4) is 0 Å². The highest BCUT2D eigenvalue weighted by atomic mass is 32.2. The lowest BCUT2D eigenvalue weighted by Crippen LogP contribution is -2.11. The Morgan fingerprint density at radius 3 is 3.10 bits per heavy atom. The molecule has 1 unspecified atom stereocenters. The van der Waals surface area contributed by atoms with Crippen molar-refractivity contribution in [2.75, 3.05) is 12.3 Å². The van der Waals surface area contributed by atoms with Crippen LogP contribution in [0.4, 0.5) is 0 Å². The van der Waals surface area contributed by atoms with Crippen LogP contribution in [0.2, 0.25) is 0 Å². The van der Waals surface area contributed by atoms with Crippen LogP contribution in [0, 0.1) is 0 Å². The summed E-state index contributed by atoms with van der Waals surface area (Å²) in [5, 5.41) is 0.505. The van der Waals surface area contributed by atoms with Gasteiger partial charge in [-0.3, -0.25) is 4.21 Å². The van der Waals surface area contributed by atoms with Crippen molar-refractivity contribution in [1.82, 2.24) is 9.97 Å². The van der Waals surface area contributed by atoms with E-state index in [-0.39, 0.29) is 0 Å². The Bertz CT molecular complexity index is 209. The monoisotopic (exact) mass is 159 g/mol. The van der Waals surface area contributed by atoms with E-state index in [0.29, 0.717) is 17.5 Å². The van der Waals surface area contributed by atoms with Crippen LogP contribution in [-0.4, -0.2) is 26.5 Å². The summed E-state index contributed by atoms with van der Waals surface area (Å²) in [6.07, 6.45) is 3.22. The van der Waals surface area contributed by atoms with Gasteiger partial charge in [-0.15, -0.1) is 0 Å². The first-order valence-corrected chi connectivity index (χ1v) is 4.24. The highest BCUT2D eigenvalue weighted by Gasteiger charge is 2.02. The molecule has 0 saturated carbocycles. The molecule has 0 bridgehead atoms. The van der Waals surface area contributed by atoms with E-state index in [2.05, 4.69) is 9.97 Å². The molecule has 0 aliphatic heterocycles. The van der Waals surface area contributed by atoms with Gasteiger partial charge in [-0.05, 0) is 0 Å². The summed E-state index contributed by atoms with van der Waals surface area (Å²) in [6.45, 7) is 0.424. The summed E-state index contributed by atoms with van der Waals surface area (Å²) in [7, 11) is -1.04. The van der Waals surface area contributed by atoms with Crippen molar-refractivity contribution in [1.29, 1.82) is 0 Å². The normalized spacial score (nSPS) is 13.3. The zero-order valence-electron chi connectivity index (χ0n) is 5.41. The largest absolute Gasteiger partial charge is 0.338 e. The van der Waals surface area contributed by atoms with E-state index < -0.39 is 10.8 Å². The molecule has 0 aliphatic rings. The van der Waals surface area contributed by atoms with E-state index in [9.17, 15) is 4.21 Å². The third-order valence-corrected chi connectivity index (χ3v) is 2.25. The Hall–Kier alpha value is -0.680. The number of rotatable bonds is 3. The number of nitrogens with one attached hydrogen (secondary N) is 1. The minimum Gasteiger partial charge on any atom is -0.338 e. The topological polar surface area (TPSA) is 71.8 Å². The fourth-order valence-electron chi connectivity index (χ4n) is 0.579. The van der Waals surface area contributed by atoms with Crippen LogP contribution in [-0.2, 0) is 10.8 Å². The van der Waals surface area contributed by atoms with Crippen LogP contribution in [0.1, 0.15) is 0 Å². The second-order valence-electron chi connectivity index (χ2n) is 1.73. The molecule has 0 fully saturated rings. The number of imidazole rings is 1. The minimum atomic E-state index is -1.04. The molecule has 1 atom stereocenters. The maximum atomic E-state index is 11.0. The Labute approximate surface area is 61.3 Å². The Kier molecular flexibility index (Phi) is 2.58. The summed E-state index contributed by atoms with van der Waals surface area (Å²) in [4.78, 5) is 6.58. The molecule has 1 heterocycles. The smallest absolute Gasteiger partial charge is 0.196 e. The molecule has 0 saturated heterocycles. The third-order valence-electron chi connectivity index (χ3n) is 0.992. The summed E-state index contributed by atoms with van der Waals surface area (Å²) in [6, 6.07) is 0. The average molecular weight is 159 g/mol. The predicted molar refractivity (Wildman–Crippen MR) is 38.9 cm³/mol. The van der Waals surface area contributed by atoms with Crippen molar-refractivity contribution in [3.05, 3.63) is 12.4 Å². The lowest BCUT2D eigenvalue weighted by Gasteiger charge is -1.92. The van der Waals surface area contributed by atoms with Gasteiger partial charge >= 0.3 is 0 Å². The van der Waals surface area contributed by atoms with Crippen LogP contribution in [0.5, 0.6) is 0 Å². The zero-order chi connectivity index (χ0) is 7.40. The number of hydrogen-bond acceptors (Lipinski definition) is 3. The highest BCUT2D eigenvalue weighted by Crippen LogP contribution is 1.95. The van der Waals surface area contributed by atoms with Gasteiger partial charge in [0.25, 0.3) is 0 Å². The molecule has 10 heavy (non-hydrogen) atoms. The molecule has 0 radical (unpaired) electrons. The quantitative estimate of drug-likeness (QED) is 0.623. The summed E-state index contributed by atoms with van der Waals surface area (Å²) in [5.74, 6) is 0.466. The summed E-state index contributed by atoms with van der Waals surface area (Å²) < 4.78 is 11.0. The van der Waals surface area contributed by atoms with Gasteiger partial charge in [0, 0.05) is 24.7 Å². The second kappa shape index (κ2) is 3.48. The van der Waals surface area contributed by atoms with Crippen molar-refractivity contribution in [2.45, 2.75) is 5.16 Å². The first-order valence-electron chi connectivity index (χ1n) is 2.92. The lowest BCUT2D eigenvalue weighted by molar-refractivity contribution is 0.677. The maximum Gasteiger partial charge on any atom is 0.196 e. The fraction of sp³-hybridized carbons (Fsp3) is 0.400. The molecule has 56 valence electrons. The predicted octanol–water partition coefficient (Wildman–Crippen LogP) is -0.524. The fourth-order valence-corrected chi connectivity index (χ4v) is 1.36. The van der Waals surface area contributed by atoms with Crippen molar-refractivity contribution < 1.29 is 4.21 Å². The van der Waals surface area contributed by atoms with Crippen LogP contribution in [0.15, 0.2) is 17.6 Å². The van der Waals surface area contributed by atoms with Crippen LogP contribution < -0.4 is 5.73 Å². The van der Waals surface area contributed by atoms with Gasteiger partial charge in [0.1, 0.15) is 0 Å². The number of hydrogen-bond donors (Lipinski definition) is 2. The number of aromatic nitrogens is 2. The van der Waals surface area contributed by atoms with Gasteiger partial charge in [0.05, 0.1) is 10.8 Å². The van der Waals surface area contributed by atoms with Crippen LogP contribution in [0.25, 0.3) is 0 Å². The number of aromatic amines is 1. The lowest BCUT2D eigenvalue weighted by atomic mass is 10.8. The van der Waals surface area contributed by atoms with Gasteiger partial charge in [-0.1, -0.05) is 0 Å². The van der Waals surface area contributed by atoms with E-state index in [1.165, 1.54) is 0 Å².